The monoisotopic (exact) mass is 183 g/mol. The lowest BCUT2D eigenvalue weighted by molar-refractivity contribution is 0.281. The molecule has 2 rings (SSSR count). The maximum Gasteiger partial charge on any atom is 0.0688 e. The van der Waals surface area contributed by atoms with Crippen LogP contribution in [0.15, 0.2) is 48.5 Å². The lowest BCUT2D eigenvalue weighted by Gasteiger charge is -2.02. The lowest BCUT2D eigenvalue weighted by atomic mass is 10.0. The number of rotatable bonds is 2. The van der Waals surface area contributed by atoms with Crippen molar-refractivity contribution in [3.63, 3.8) is 0 Å². The Hall–Kier alpha value is -1.60. The van der Waals surface area contributed by atoms with E-state index in [9.17, 15) is 0 Å². The van der Waals surface area contributed by atoms with E-state index in [1.807, 2.05) is 36.4 Å². The van der Waals surface area contributed by atoms with Gasteiger partial charge in [-0.3, -0.25) is 0 Å². The van der Waals surface area contributed by atoms with Crippen LogP contribution in [0.4, 0.5) is 0 Å². The molecule has 1 radical (unpaired) electrons. The zero-order valence-corrected chi connectivity index (χ0v) is 7.77. The zero-order chi connectivity index (χ0) is 9.80. The highest BCUT2D eigenvalue weighted by Gasteiger charge is 1.97. The van der Waals surface area contributed by atoms with Gasteiger partial charge in [0.25, 0.3) is 0 Å². The Kier molecular flexibility index (Phi) is 2.61. The smallest absolute Gasteiger partial charge is 0.0688 e. The molecule has 14 heavy (non-hydrogen) atoms. The van der Waals surface area contributed by atoms with E-state index in [0.29, 0.717) is 0 Å². The van der Waals surface area contributed by atoms with Gasteiger partial charge in [-0.2, -0.15) is 0 Å². The predicted molar refractivity (Wildman–Crippen MR) is 56.6 cm³/mol. The Labute approximate surface area is 83.6 Å². The molecule has 0 aliphatic rings. The maximum atomic E-state index is 8.98. The molecule has 69 valence electrons. The summed E-state index contributed by atoms with van der Waals surface area (Å²) in [4.78, 5) is 0. The zero-order valence-electron chi connectivity index (χ0n) is 7.77. The minimum absolute atomic E-state index is 0.0423. The molecule has 0 atom stereocenters. The first-order valence-corrected chi connectivity index (χ1v) is 4.57. The molecule has 0 amide bonds. The molecule has 1 N–H and O–H groups in total. The summed E-state index contributed by atoms with van der Waals surface area (Å²) in [7, 11) is 0. The second kappa shape index (κ2) is 4.07. The van der Waals surface area contributed by atoms with Crippen molar-refractivity contribution in [2.45, 2.75) is 6.61 Å². The van der Waals surface area contributed by atoms with Gasteiger partial charge in [0.1, 0.15) is 0 Å². The van der Waals surface area contributed by atoms with E-state index in [0.717, 1.165) is 16.7 Å². The molecule has 0 aromatic heterocycles. The number of benzene rings is 2. The highest BCUT2D eigenvalue weighted by atomic mass is 16.3. The molecule has 0 aliphatic heterocycles. The Morgan fingerprint density at radius 3 is 2.50 bits per heavy atom. The van der Waals surface area contributed by atoms with E-state index in [1.54, 1.807) is 0 Å². The standard InChI is InChI=1S/C13H11O/c14-10-11-5-4-8-13(9-11)12-6-2-1-3-7-12/h1-4,6-9,14H,10H2. The average Bonchev–Trinajstić information content (AvgIpc) is 2.30. The Bertz CT molecular complexity index is 407. The summed E-state index contributed by atoms with van der Waals surface area (Å²) in [5.74, 6) is 0. The summed E-state index contributed by atoms with van der Waals surface area (Å²) in [6.45, 7) is 0.0423. The molecule has 1 heteroatoms. The van der Waals surface area contributed by atoms with Gasteiger partial charge in [-0.15, -0.1) is 0 Å². The fourth-order valence-corrected chi connectivity index (χ4v) is 1.42. The molecular weight excluding hydrogens is 172 g/mol. The third kappa shape index (κ3) is 1.83. The van der Waals surface area contributed by atoms with Crippen LogP contribution in [0.3, 0.4) is 0 Å². The van der Waals surface area contributed by atoms with Crippen LogP contribution in [0.1, 0.15) is 5.56 Å². The number of hydrogen-bond acceptors (Lipinski definition) is 1. The minimum atomic E-state index is 0.0423. The second-order valence-corrected chi connectivity index (χ2v) is 3.13. The summed E-state index contributed by atoms with van der Waals surface area (Å²) < 4.78 is 0. The van der Waals surface area contributed by atoms with Gasteiger partial charge in [0.15, 0.2) is 0 Å². The Morgan fingerprint density at radius 1 is 1.00 bits per heavy atom. The van der Waals surface area contributed by atoms with Gasteiger partial charge in [-0.1, -0.05) is 42.5 Å². The normalized spacial score (nSPS) is 10.1. The number of hydrogen-bond donors (Lipinski definition) is 1. The van der Waals surface area contributed by atoms with Crippen LogP contribution in [0.5, 0.6) is 0 Å². The van der Waals surface area contributed by atoms with Crippen LogP contribution in [0, 0.1) is 6.07 Å². The number of aliphatic hydroxyl groups excluding tert-OH is 1. The highest BCUT2D eigenvalue weighted by Crippen LogP contribution is 2.19. The van der Waals surface area contributed by atoms with Gasteiger partial charge in [-0.05, 0) is 28.8 Å². The largest absolute Gasteiger partial charge is 0.392 e. The van der Waals surface area contributed by atoms with Crippen molar-refractivity contribution in [2.75, 3.05) is 0 Å². The summed E-state index contributed by atoms with van der Waals surface area (Å²) in [6, 6.07) is 18.9. The van der Waals surface area contributed by atoms with Crippen LogP contribution >= 0.6 is 0 Å². The SMILES string of the molecule is OCc1[c]ccc(-c2ccccc2)c1. The molecule has 0 spiro atoms. The molecule has 0 bridgehead atoms. The van der Waals surface area contributed by atoms with Crippen LogP contribution in [-0.4, -0.2) is 5.11 Å². The van der Waals surface area contributed by atoms with Crippen LogP contribution < -0.4 is 0 Å². The Morgan fingerprint density at radius 2 is 1.79 bits per heavy atom. The molecule has 1 nitrogen and oxygen atoms in total. The van der Waals surface area contributed by atoms with E-state index in [1.165, 1.54) is 0 Å². The summed E-state index contributed by atoms with van der Waals surface area (Å²) in [5.41, 5.74) is 3.11. The van der Waals surface area contributed by atoms with Crippen LogP contribution in [-0.2, 0) is 6.61 Å². The van der Waals surface area contributed by atoms with E-state index in [2.05, 4.69) is 18.2 Å². The first kappa shape index (κ1) is 8.97. The lowest BCUT2D eigenvalue weighted by Crippen LogP contribution is -1.84. The van der Waals surface area contributed by atoms with Crippen molar-refractivity contribution in [3.05, 3.63) is 60.2 Å². The fourth-order valence-electron chi connectivity index (χ4n) is 1.42. The van der Waals surface area contributed by atoms with Crippen molar-refractivity contribution >= 4 is 0 Å². The average molecular weight is 183 g/mol. The molecule has 0 fully saturated rings. The third-order valence-corrected chi connectivity index (χ3v) is 2.14. The van der Waals surface area contributed by atoms with E-state index in [4.69, 9.17) is 5.11 Å². The summed E-state index contributed by atoms with van der Waals surface area (Å²) in [6.07, 6.45) is 0. The van der Waals surface area contributed by atoms with Crippen molar-refractivity contribution in [1.29, 1.82) is 0 Å². The molecule has 0 saturated heterocycles. The van der Waals surface area contributed by atoms with Crippen molar-refractivity contribution in [1.82, 2.24) is 0 Å². The quantitative estimate of drug-likeness (QED) is 0.758. The van der Waals surface area contributed by atoms with Gasteiger partial charge in [-0.25, -0.2) is 0 Å². The topological polar surface area (TPSA) is 20.2 Å². The van der Waals surface area contributed by atoms with Crippen LogP contribution in [0.2, 0.25) is 0 Å². The van der Waals surface area contributed by atoms with Crippen molar-refractivity contribution in [2.24, 2.45) is 0 Å². The maximum absolute atomic E-state index is 8.98. The molecule has 0 saturated carbocycles. The first-order valence-electron chi connectivity index (χ1n) is 4.57. The van der Waals surface area contributed by atoms with Gasteiger partial charge in [0.2, 0.25) is 0 Å². The van der Waals surface area contributed by atoms with E-state index >= 15 is 0 Å². The highest BCUT2D eigenvalue weighted by molar-refractivity contribution is 5.63. The minimum Gasteiger partial charge on any atom is -0.392 e. The third-order valence-electron chi connectivity index (χ3n) is 2.14. The van der Waals surface area contributed by atoms with Gasteiger partial charge >= 0.3 is 0 Å². The Balaban J connectivity index is 2.42. The predicted octanol–water partition coefficient (Wildman–Crippen LogP) is 2.65. The van der Waals surface area contributed by atoms with Gasteiger partial charge in [0.05, 0.1) is 6.61 Å². The molecule has 0 aliphatic carbocycles. The molecule has 2 aromatic carbocycles. The van der Waals surface area contributed by atoms with Crippen LogP contribution in [0.25, 0.3) is 11.1 Å². The first-order chi connectivity index (χ1) is 6.90. The van der Waals surface area contributed by atoms with Crippen molar-refractivity contribution < 1.29 is 5.11 Å². The summed E-state index contributed by atoms with van der Waals surface area (Å²) >= 11 is 0. The summed E-state index contributed by atoms with van der Waals surface area (Å²) in [5, 5.41) is 8.98. The van der Waals surface area contributed by atoms with Gasteiger partial charge < -0.3 is 5.11 Å². The van der Waals surface area contributed by atoms with E-state index < -0.39 is 0 Å². The fraction of sp³-hybridized carbons (Fsp3) is 0.0769. The van der Waals surface area contributed by atoms with Crippen molar-refractivity contribution in [3.8, 4) is 11.1 Å². The molecule has 2 aromatic rings. The molecular formula is C13H11O. The van der Waals surface area contributed by atoms with E-state index in [-0.39, 0.29) is 6.61 Å². The molecule has 0 heterocycles. The second-order valence-electron chi connectivity index (χ2n) is 3.13. The van der Waals surface area contributed by atoms with Gasteiger partial charge in [0, 0.05) is 0 Å². The number of aliphatic hydroxyl groups is 1. The molecule has 0 unspecified atom stereocenters.